The molecule has 0 radical (unpaired) electrons. The number of carbonyl (C=O) groups excluding carboxylic acids is 6. The number of anilines is 4. The molecule has 0 unspecified atom stereocenters. The van der Waals surface area contributed by atoms with Gasteiger partial charge in [-0.25, -0.2) is 43.1 Å². The number of H-pyrrole nitrogens is 3. The van der Waals surface area contributed by atoms with E-state index in [4.69, 9.17) is 14.2 Å². The van der Waals surface area contributed by atoms with Crippen LogP contribution in [0.5, 0.6) is 0 Å². The predicted molar refractivity (Wildman–Crippen MR) is 551 cm³/mol. The Hall–Kier alpha value is -15.2. The molecule has 0 spiro atoms. The molecule has 0 bridgehead atoms. The quantitative estimate of drug-likeness (QED) is 0.0265. The number of nitrogens with zero attached hydrogens (tertiary/aromatic N) is 16. The van der Waals surface area contributed by atoms with Crippen molar-refractivity contribution in [3.63, 3.8) is 0 Å². The summed E-state index contributed by atoms with van der Waals surface area (Å²) in [4.78, 5) is 121. The number of hydrogen-bond acceptors (Lipinski definition) is 23. The highest BCUT2D eigenvalue weighted by Crippen LogP contribution is 2.41. The highest BCUT2D eigenvalue weighted by molar-refractivity contribution is 6.05. The van der Waals surface area contributed by atoms with Crippen molar-refractivity contribution >= 4 is 90.9 Å². The topological polar surface area (TPSA) is 372 Å². The number of fused-ring (bicyclic) bond motifs is 3. The van der Waals surface area contributed by atoms with E-state index < -0.39 is 40.9 Å². The second-order valence-corrected chi connectivity index (χ2v) is 38.4. The predicted octanol–water partition coefficient (Wildman–Crippen LogP) is 15.3. The van der Waals surface area contributed by atoms with Crippen molar-refractivity contribution in [3.8, 4) is 67.9 Å². The van der Waals surface area contributed by atoms with Crippen LogP contribution in [0.3, 0.4) is 0 Å². The monoisotopic (exact) mass is 1970 g/mol. The Morgan fingerprint density at radius 3 is 0.979 bits per heavy atom. The van der Waals surface area contributed by atoms with Crippen LogP contribution in [0.25, 0.3) is 101 Å². The van der Waals surface area contributed by atoms with Gasteiger partial charge in [0.2, 0.25) is 17.7 Å². The Balaban J connectivity index is 0.000000138. The van der Waals surface area contributed by atoms with Crippen molar-refractivity contribution in [2.45, 2.75) is 99.0 Å². The molecular weight excluding hydrogens is 1860 g/mol. The molecule has 0 aliphatic carbocycles. The third kappa shape index (κ3) is 22.0. The average molecular weight is 1970 g/mol. The van der Waals surface area contributed by atoms with Gasteiger partial charge in [-0.3, -0.25) is 58.8 Å². The molecule has 35 heteroatoms. The number of carbonyl (C=O) groups is 6. The van der Waals surface area contributed by atoms with Crippen molar-refractivity contribution in [1.82, 2.24) is 89.9 Å². The number of hydrogen-bond donors (Lipinski definition) is 7. The fraction of sp³-hybridized carbons (Fsp3) is 0.324. The van der Waals surface area contributed by atoms with E-state index >= 15 is 0 Å². The van der Waals surface area contributed by atoms with Gasteiger partial charge in [0.25, 0.3) is 17.7 Å². The van der Waals surface area contributed by atoms with Crippen molar-refractivity contribution in [2.75, 3.05) is 154 Å². The lowest BCUT2D eigenvalue weighted by Crippen LogP contribution is -2.48. The highest BCUT2D eigenvalue weighted by Gasteiger charge is 2.49. The van der Waals surface area contributed by atoms with Crippen molar-refractivity contribution in [3.05, 3.63) is 283 Å². The van der Waals surface area contributed by atoms with E-state index in [0.717, 1.165) is 125 Å². The van der Waals surface area contributed by atoms with Gasteiger partial charge in [0.05, 0.1) is 54.2 Å². The number of rotatable bonds is 26. The second kappa shape index (κ2) is 44.1. The molecule has 0 saturated carbocycles. The molecule has 146 heavy (non-hydrogen) atoms. The molecule has 32 nitrogen and oxygen atoms in total. The number of aromatic amines is 3. The van der Waals surface area contributed by atoms with Crippen LogP contribution >= 0.6 is 0 Å². The van der Waals surface area contributed by atoms with Gasteiger partial charge in [-0.05, 0) is 214 Å². The highest BCUT2D eigenvalue weighted by atomic mass is 19.2. The standard InChI is InChI=1S/C38H42N8O3.C37H38FN7O4.C36H35F2N7O3/c1-44(2)31-12-9-28(10-13-31)35-32-23-30(11-14-33(32)42-43-35)41-37(48)38(49-3)17-22-45(25-38)24-34(47)46-20-15-27(16-21-46)26-5-7-29(8-6-26)36-39-18-4-19-40-36;1-49-37(36(48)41-29-8-10-32-30(20-29)34(43-42-32)27-7-9-31(38)28(19-27)22-46)13-18-44(23-37)21-33(47)45-16-11-25(12-17-45)24-3-5-26(6-4-24)35-39-14-2-15-40-35;1-48-36(35(47)41-27-8-10-31-28(20-27)33(43-42-31)26-7-9-29(37)30(38)19-26)13-18-44(22-36)21-32(46)45-16-11-24(12-17-45)23-3-5-25(6-4-23)34-39-14-2-15-40-34/h4-14,18-19,23,27H,15-17,20-22,24-25H2,1-3H3,(H,41,48)(H,42,43);2-10,14-15,19-20,25,46H,11-13,16-18,21-23H2,1H3,(H,41,48)(H,42,43);2-10,14-15,19-20,24H,11-13,16-18,21-22H2,1H3,(H,41,47)(H,42,43)/t38-;37-;36-/m000/s1. The zero-order valence-corrected chi connectivity index (χ0v) is 81.9. The first kappa shape index (κ1) is 99.5. The number of benzene rings is 9. The van der Waals surface area contributed by atoms with E-state index in [1.807, 2.05) is 92.0 Å². The van der Waals surface area contributed by atoms with Gasteiger partial charge in [-0.2, -0.15) is 15.3 Å². The minimum Gasteiger partial charge on any atom is -0.392 e. The molecule has 6 aromatic heterocycles. The number of halogens is 3. The fourth-order valence-electron chi connectivity index (χ4n) is 20.7. The van der Waals surface area contributed by atoms with Crippen LogP contribution in [-0.2, 0) is 49.6 Å². The lowest BCUT2D eigenvalue weighted by atomic mass is 9.89. The van der Waals surface area contributed by atoms with Gasteiger partial charge in [-0.1, -0.05) is 84.9 Å². The maximum Gasteiger partial charge on any atom is 0.258 e. The smallest absolute Gasteiger partial charge is 0.258 e. The number of aliphatic hydroxyl groups is 1. The zero-order chi connectivity index (χ0) is 101. The normalized spacial score (nSPS) is 18.7. The summed E-state index contributed by atoms with van der Waals surface area (Å²) in [6, 6.07) is 63.3. The van der Waals surface area contributed by atoms with Gasteiger partial charge < -0.3 is 54.9 Å². The van der Waals surface area contributed by atoms with Crippen LogP contribution < -0.4 is 20.9 Å². The average Bonchev–Trinajstić information content (AvgIpc) is 1.64. The number of piperidine rings is 3. The van der Waals surface area contributed by atoms with E-state index in [-0.39, 0.29) is 67.2 Å². The molecule has 3 atom stereocenters. The number of amides is 6. The van der Waals surface area contributed by atoms with Gasteiger partial charge in [-0.15, -0.1) is 0 Å². The number of nitrogens with one attached hydrogen (secondary N) is 6. The van der Waals surface area contributed by atoms with Crippen LogP contribution in [0.1, 0.15) is 97.8 Å². The molecule has 12 heterocycles. The summed E-state index contributed by atoms with van der Waals surface area (Å²) in [5.74, 6) is 0.299. The zero-order valence-electron chi connectivity index (χ0n) is 81.9. The lowest BCUT2D eigenvalue weighted by molar-refractivity contribution is -0.138. The van der Waals surface area contributed by atoms with Gasteiger partial charge in [0.15, 0.2) is 45.9 Å². The summed E-state index contributed by atoms with van der Waals surface area (Å²) in [6.07, 6.45) is 17.2. The number of likely N-dealkylation sites (tertiary alicyclic amines) is 6. The third-order valence-electron chi connectivity index (χ3n) is 29.4. The lowest BCUT2D eigenvalue weighted by Gasteiger charge is -2.33. The molecule has 6 amide bonds. The summed E-state index contributed by atoms with van der Waals surface area (Å²) in [5, 5.41) is 43.1. The number of ether oxygens (including phenoxy) is 3. The maximum absolute atomic E-state index is 14.0. The minimum absolute atomic E-state index is 0.0486. The molecule has 6 aliphatic rings. The first-order valence-corrected chi connectivity index (χ1v) is 49.3. The van der Waals surface area contributed by atoms with Gasteiger partial charge in [0, 0.05) is 229 Å². The Labute approximate surface area is 841 Å². The molecule has 750 valence electrons. The number of aliphatic hydroxyl groups excluding tert-OH is 1. The van der Waals surface area contributed by atoms with Crippen LogP contribution in [0.15, 0.2) is 243 Å². The first-order chi connectivity index (χ1) is 71.0. The van der Waals surface area contributed by atoms with Crippen LogP contribution in [0.2, 0.25) is 0 Å². The molecule has 6 aliphatic heterocycles. The summed E-state index contributed by atoms with van der Waals surface area (Å²) in [7, 11) is 8.63. The fourth-order valence-corrected chi connectivity index (χ4v) is 20.7. The summed E-state index contributed by atoms with van der Waals surface area (Å²) in [6.45, 7) is 7.10. The second-order valence-electron chi connectivity index (χ2n) is 38.4. The summed E-state index contributed by atoms with van der Waals surface area (Å²) in [5.41, 5.74) is 12.7. The number of aromatic nitrogens is 12. The Kier molecular flexibility index (Phi) is 30.1. The van der Waals surface area contributed by atoms with E-state index in [0.29, 0.717) is 158 Å². The van der Waals surface area contributed by atoms with Gasteiger partial charge >= 0.3 is 0 Å². The molecule has 7 N–H and O–H groups in total. The van der Waals surface area contributed by atoms with Crippen LogP contribution in [0, 0.1) is 17.5 Å². The van der Waals surface area contributed by atoms with E-state index in [9.17, 15) is 47.0 Å². The first-order valence-electron chi connectivity index (χ1n) is 49.3. The molecule has 9 aromatic carbocycles. The Bertz CT molecular complexity index is 7170. The molecule has 21 rings (SSSR count). The minimum atomic E-state index is -1.13. The molecular formula is C111H115F3N22O10. The van der Waals surface area contributed by atoms with Crippen molar-refractivity contribution < 1.29 is 61.3 Å². The van der Waals surface area contributed by atoms with Crippen molar-refractivity contribution in [1.29, 1.82) is 0 Å². The molecule has 15 aromatic rings. The van der Waals surface area contributed by atoms with E-state index in [1.54, 1.807) is 92.8 Å². The maximum atomic E-state index is 14.0. The van der Waals surface area contributed by atoms with Crippen molar-refractivity contribution in [2.24, 2.45) is 0 Å². The summed E-state index contributed by atoms with van der Waals surface area (Å²) < 4.78 is 58.9. The third-order valence-corrected chi connectivity index (χ3v) is 29.4. The van der Waals surface area contributed by atoms with E-state index in [2.05, 4.69) is 166 Å². The van der Waals surface area contributed by atoms with Gasteiger partial charge in [0.1, 0.15) is 11.5 Å². The molecule has 6 saturated heterocycles. The number of methoxy groups -OCH3 is 3. The Morgan fingerprint density at radius 2 is 0.671 bits per heavy atom. The molecule has 6 fully saturated rings. The van der Waals surface area contributed by atoms with Crippen LogP contribution in [-0.4, -0.2) is 281 Å². The Morgan fingerprint density at radius 1 is 0.370 bits per heavy atom. The van der Waals surface area contributed by atoms with Crippen LogP contribution in [0.4, 0.5) is 35.9 Å². The van der Waals surface area contributed by atoms with E-state index in [1.165, 1.54) is 43.0 Å². The SMILES string of the molecule is CO[C@@]1(C(=O)Nc2ccc3[nH]nc(-c4ccc(F)c(CO)c4)c3c2)CCN(CC(=O)N2CCC(c3ccc(-c4ncccn4)cc3)CC2)C1.CO[C@@]1(C(=O)Nc2ccc3[nH]nc(-c4ccc(F)c(F)c4)c3c2)CCN(CC(=O)N2CCC(c3ccc(-c4ncccn4)cc3)CC2)C1.CO[C@@]1(C(=O)Nc2ccc3[nH]nc(-c4ccc(N(C)C)cc4)c3c2)CCN(CC(=O)N2CCC(c3ccc(-c4ncccn4)cc3)CC2)C1. The largest absolute Gasteiger partial charge is 0.392 e. The summed E-state index contributed by atoms with van der Waals surface area (Å²) >= 11 is 0.